The largest absolute Gasteiger partial charge is 0.482 e. The minimum absolute atomic E-state index is 0.212. The summed E-state index contributed by atoms with van der Waals surface area (Å²) in [6, 6.07) is 9.95. The molecule has 1 N–H and O–H groups in total. The van der Waals surface area contributed by atoms with Crippen molar-refractivity contribution < 1.29 is 19.1 Å². The predicted molar refractivity (Wildman–Crippen MR) is 83.8 cm³/mol. The first-order valence-corrected chi connectivity index (χ1v) is 7.10. The summed E-state index contributed by atoms with van der Waals surface area (Å²) in [5.74, 6) is 0.0307. The van der Waals surface area contributed by atoms with E-state index in [1.807, 2.05) is 0 Å². The summed E-state index contributed by atoms with van der Waals surface area (Å²) in [7, 11) is 1.28. The molecule has 0 saturated carbocycles. The van der Waals surface area contributed by atoms with Gasteiger partial charge < -0.3 is 14.8 Å². The van der Waals surface area contributed by atoms with E-state index in [-0.39, 0.29) is 12.5 Å². The number of nitrogens with zero attached hydrogens (tertiary/aromatic N) is 1. The Morgan fingerprint density at radius 1 is 1.27 bits per heavy atom. The van der Waals surface area contributed by atoms with Crippen LogP contribution < -0.4 is 10.1 Å². The average Bonchev–Trinajstić information content (AvgIpc) is 2.55. The van der Waals surface area contributed by atoms with Gasteiger partial charge in [0.2, 0.25) is 0 Å². The second-order valence-corrected chi connectivity index (χ2v) is 5.12. The fourth-order valence-electron chi connectivity index (χ4n) is 1.57. The number of hydrogen-bond donors (Lipinski definition) is 1. The summed E-state index contributed by atoms with van der Waals surface area (Å²) < 4.78 is 10.5. The van der Waals surface area contributed by atoms with Gasteiger partial charge in [0.15, 0.2) is 6.61 Å². The molecule has 0 radical (unpaired) electrons. The van der Waals surface area contributed by atoms with Gasteiger partial charge in [-0.3, -0.25) is 4.79 Å². The third kappa shape index (κ3) is 4.56. The number of pyridine rings is 1. The van der Waals surface area contributed by atoms with Gasteiger partial charge in [-0.1, -0.05) is 6.07 Å². The lowest BCUT2D eigenvalue weighted by molar-refractivity contribution is -0.142. The van der Waals surface area contributed by atoms with Crippen molar-refractivity contribution in [3.05, 3.63) is 52.6 Å². The fourth-order valence-corrected chi connectivity index (χ4v) is 1.80. The van der Waals surface area contributed by atoms with E-state index in [0.29, 0.717) is 17.1 Å². The second-order valence-electron chi connectivity index (χ2n) is 4.21. The molecule has 0 bridgehead atoms. The predicted octanol–water partition coefficient (Wildman–Crippen LogP) is 2.65. The highest BCUT2D eigenvalue weighted by Gasteiger charge is 2.09. The fraction of sp³-hybridized carbons (Fsp3) is 0.133. The summed E-state index contributed by atoms with van der Waals surface area (Å²) in [4.78, 5) is 27.2. The Bertz CT molecular complexity index is 673. The topological polar surface area (TPSA) is 77.5 Å². The molecular weight excluding hydrogens is 352 g/mol. The van der Waals surface area contributed by atoms with Crippen molar-refractivity contribution in [1.82, 2.24) is 4.98 Å². The normalized spacial score (nSPS) is 9.91. The van der Waals surface area contributed by atoms with Gasteiger partial charge in [-0.05, 0) is 46.3 Å². The van der Waals surface area contributed by atoms with Crippen molar-refractivity contribution in [2.75, 3.05) is 19.0 Å². The van der Waals surface area contributed by atoms with E-state index in [2.05, 4.69) is 31.0 Å². The Hall–Kier alpha value is -2.41. The Balaban J connectivity index is 2.03. The van der Waals surface area contributed by atoms with Gasteiger partial charge in [0, 0.05) is 16.2 Å². The lowest BCUT2D eigenvalue weighted by Gasteiger charge is -2.07. The number of hydrogen-bond acceptors (Lipinski definition) is 5. The van der Waals surface area contributed by atoms with Crippen LogP contribution in [0.1, 0.15) is 10.4 Å². The van der Waals surface area contributed by atoms with E-state index >= 15 is 0 Å². The van der Waals surface area contributed by atoms with Gasteiger partial charge in [-0.25, -0.2) is 9.78 Å². The van der Waals surface area contributed by atoms with E-state index in [4.69, 9.17) is 4.74 Å². The third-order valence-electron chi connectivity index (χ3n) is 2.65. The molecular formula is C15H13BrN2O4. The first-order chi connectivity index (χ1) is 10.6. The Kier molecular flexibility index (Phi) is 5.48. The highest BCUT2D eigenvalue weighted by molar-refractivity contribution is 9.10. The molecule has 0 fully saturated rings. The van der Waals surface area contributed by atoms with Crippen LogP contribution in [-0.2, 0) is 9.53 Å². The number of nitrogens with one attached hydrogen (secondary N) is 1. The quantitative estimate of drug-likeness (QED) is 0.825. The standard InChI is InChI=1S/C15H13BrN2O4/c1-21-14(19)9-22-12-4-2-3-10(7-12)15(20)18-13-6-5-11(16)8-17-13/h2-8H,9H2,1H3,(H,17,18,20). The smallest absolute Gasteiger partial charge is 0.343 e. The Labute approximate surface area is 135 Å². The molecule has 0 saturated heterocycles. The van der Waals surface area contributed by atoms with Crippen LogP contribution in [0.25, 0.3) is 0 Å². The van der Waals surface area contributed by atoms with Crippen LogP contribution in [-0.4, -0.2) is 30.6 Å². The maximum Gasteiger partial charge on any atom is 0.343 e. The molecule has 1 heterocycles. The van der Waals surface area contributed by atoms with Gasteiger partial charge in [0.05, 0.1) is 7.11 Å². The molecule has 1 amide bonds. The molecule has 7 heteroatoms. The van der Waals surface area contributed by atoms with E-state index < -0.39 is 5.97 Å². The molecule has 22 heavy (non-hydrogen) atoms. The number of carbonyl (C=O) groups is 2. The number of benzene rings is 1. The monoisotopic (exact) mass is 364 g/mol. The molecule has 2 rings (SSSR count). The van der Waals surface area contributed by atoms with Crippen LogP contribution in [0.15, 0.2) is 47.1 Å². The number of halogens is 1. The zero-order valence-corrected chi connectivity index (χ0v) is 13.3. The molecule has 114 valence electrons. The average molecular weight is 365 g/mol. The maximum absolute atomic E-state index is 12.1. The summed E-state index contributed by atoms with van der Waals surface area (Å²) in [6.07, 6.45) is 1.59. The van der Waals surface area contributed by atoms with Crippen molar-refractivity contribution in [2.45, 2.75) is 0 Å². The molecule has 1 aromatic heterocycles. The van der Waals surface area contributed by atoms with Crippen LogP contribution in [0, 0.1) is 0 Å². The van der Waals surface area contributed by atoms with E-state index in [1.54, 1.807) is 36.5 Å². The second kappa shape index (κ2) is 7.56. The summed E-state index contributed by atoms with van der Waals surface area (Å²) in [6.45, 7) is -0.212. The minimum atomic E-state index is -0.492. The van der Waals surface area contributed by atoms with E-state index in [1.165, 1.54) is 13.2 Å². The van der Waals surface area contributed by atoms with Crippen molar-refractivity contribution in [3.63, 3.8) is 0 Å². The molecule has 0 aliphatic rings. The van der Waals surface area contributed by atoms with Crippen molar-refractivity contribution >= 4 is 33.6 Å². The van der Waals surface area contributed by atoms with Crippen LogP contribution >= 0.6 is 15.9 Å². The third-order valence-corrected chi connectivity index (χ3v) is 3.12. The van der Waals surface area contributed by atoms with Gasteiger partial charge in [0.1, 0.15) is 11.6 Å². The van der Waals surface area contributed by atoms with Gasteiger partial charge in [0.25, 0.3) is 5.91 Å². The number of anilines is 1. The SMILES string of the molecule is COC(=O)COc1cccc(C(=O)Nc2ccc(Br)cn2)c1. The molecule has 2 aromatic rings. The van der Waals surface area contributed by atoms with Gasteiger partial charge in [-0.2, -0.15) is 0 Å². The van der Waals surface area contributed by atoms with Crippen molar-refractivity contribution in [3.8, 4) is 5.75 Å². The van der Waals surface area contributed by atoms with Crippen LogP contribution in [0.5, 0.6) is 5.75 Å². The number of ether oxygens (including phenoxy) is 2. The number of rotatable bonds is 5. The van der Waals surface area contributed by atoms with Crippen LogP contribution in [0.2, 0.25) is 0 Å². The maximum atomic E-state index is 12.1. The van der Waals surface area contributed by atoms with E-state index in [9.17, 15) is 9.59 Å². The molecule has 0 aliphatic carbocycles. The molecule has 0 spiro atoms. The van der Waals surface area contributed by atoms with Crippen LogP contribution in [0.3, 0.4) is 0 Å². The van der Waals surface area contributed by atoms with Crippen molar-refractivity contribution in [2.24, 2.45) is 0 Å². The molecule has 1 aromatic carbocycles. The lowest BCUT2D eigenvalue weighted by atomic mass is 10.2. The molecule has 0 aliphatic heterocycles. The number of amides is 1. The number of aromatic nitrogens is 1. The first kappa shape index (κ1) is 16.0. The van der Waals surface area contributed by atoms with Gasteiger partial charge >= 0.3 is 5.97 Å². The van der Waals surface area contributed by atoms with Crippen LogP contribution in [0.4, 0.5) is 5.82 Å². The zero-order chi connectivity index (χ0) is 15.9. The Morgan fingerprint density at radius 2 is 2.09 bits per heavy atom. The number of carbonyl (C=O) groups excluding carboxylic acids is 2. The highest BCUT2D eigenvalue weighted by Crippen LogP contribution is 2.16. The highest BCUT2D eigenvalue weighted by atomic mass is 79.9. The number of esters is 1. The summed E-state index contributed by atoms with van der Waals surface area (Å²) >= 11 is 3.27. The van der Waals surface area contributed by atoms with E-state index in [0.717, 1.165) is 4.47 Å². The van der Waals surface area contributed by atoms with Gasteiger partial charge in [-0.15, -0.1) is 0 Å². The Morgan fingerprint density at radius 3 is 2.77 bits per heavy atom. The zero-order valence-electron chi connectivity index (χ0n) is 11.7. The summed E-state index contributed by atoms with van der Waals surface area (Å²) in [5, 5.41) is 2.67. The number of methoxy groups -OCH3 is 1. The molecule has 0 atom stereocenters. The minimum Gasteiger partial charge on any atom is -0.482 e. The van der Waals surface area contributed by atoms with Crippen molar-refractivity contribution in [1.29, 1.82) is 0 Å². The molecule has 0 unspecified atom stereocenters. The summed E-state index contributed by atoms with van der Waals surface area (Å²) in [5.41, 5.74) is 0.395. The first-order valence-electron chi connectivity index (χ1n) is 6.31. The molecule has 6 nitrogen and oxygen atoms in total. The lowest BCUT2D eigenvalue weighted by Crippen LogP contribution is -2.14.